The van der Waals surface area contributed by atoms with Gasteiger partial charge >= 0.3 is 0 Å². The number of nitrogens with one attached hydrogen (secondary N) is 2. The minimum Gasteiger partial charge on any atom is -0.479 e. The summed E-state index contributed by atoms with van der Waals surface area (Å²) in [7, 11) is 0. The molecule has 0 spiro atoms. The number of rotatable bonds is 7. The van der Waals surface area contributed by atoms with Gasteiger partial charge in [-0.1, -0.05) is 32.7 Å². The van der Waals surface area contributed by atoms with Gasteiger partial charge in [-0.05, 0) is 43.2 Å². The van der Waals surface area contributed by atoms with Crippen LogP contribution in [0.15, 0.2) is 71.8 Å². The van der Waals surface area contributed by atoms with Crippen molar-refractivity contribution in [2.45, 2.75) is 39.5 Å². The number of nitrogens with zero attached hydrogens (tertiary/aromatic N) is 2. The number of anilines is 1. The Labute approximate surface area is 177 Å². The summed E-state index contributed by atoms with van der Waals surface area (Å²) >= 11 is 0. The lowest BCUT2D eigenvalue weighted by Crippen LogP contribution is -2.34. The lowest BCUT2D eigenvalue weighted by atomic mass is 10.1. The number of allylic oxidation sites excluding steroid dienone is 1. The summed E-state index contributed by atoms with van der Waals surface area (Å²) in [4.78, 5) is 11.8. The van der Waals surface area contributed by atoms with Crippen molar-refractivity contribution in [2.24, 2.45) is 16.8 Å². The average Bonchev–Trinajstić information content (AvgIpc) is 3.03. The van der Waals surface area contributed by atoms with Crippen LogP contribution in [0.5, 0.6) is 5.75 Å². The van der Waals surface area contributed by atoms with Crippen LogP contribution in [0, 0.1) is 5.92 Å². The summed E-state index contributed by atoms with van der Waals surface area (Å²) in [5.74, 6) is 0.828. The number of hydrogen-bond acceptors (Lipinski definition) is 6. The second-order valence-corrected chi connectivity index (χ2v) is 7.70. The normalized spacial score (nSPS) is 22.8. The molecule has 1 amide bonds. The van der Waals surface area contributed by atoms with E-state index in [0.717, 1.165) is 5.56 Å². The fraction of sp³-hybridized carbons (Fsp3) is 0.304. The summed E-state index contributed by atoms with van der Waals surface area (Å²) < 4.78 is 5.59. The van der Waals surface area contributed by atoms with Gasteiger partial charge < -0.3 is 21.1 Å². The molecule has 158 valence electrons. The molecule has 4 N–H and O–H groups in total. The minimum absolute atomic E-state index is 0.154. The molecule has 7 heteroatoms. The van der Waals surface area contributed by atoms with Crippen LogP contribution < -0.4 is 21.1 Å². The second-order valence-electron chi connectivity index (χ2n) is 7.70. The molecule has 0 saturated carbocycles. The van der Waals surface area contributed by atoms with E-state index in [1.165, 1.54) is 0 Å². The molecule has 3 rings (SSSR count). The first-order valence-corrected chi connectivity index (χ1v) is 9.89. The van der Waals surface area contributed by atoms with Gasteiger partial charge in [-0.15, -0.1) is 0 Å². The van der Waals surface area contributed by atoms with E-state index in [-0.39, 0.29) is 11.9 Å². The molecule has 2 aliphatic heterocycles. The van der Waals surface area contributed by atoms with Crippen LogP contribution in [0.3, 0.4) is 0 Å². The number of ether oxygens (including phenoxy) is 1. The van der Waals surface area contributed by atoms with Gasteiger partial charge in [0.15, 0.2) is 6.10 Å². The van der Waals surface area contributed by atoms with E-state index in [1.54, 1.807) is 6.92 Å². The van der Waals surface area contributed by atoms with Crippen molar-refractivity contribution in [3.05, 3.63) is 72.2 Å². The maximum Gasteiger partial charge on any atom is 0.265 e. The molecular formula is C23H29N5O2. The lowest BCUT2D eigenvalue weighted by molar-refractivity contribution is -0.122. The number of fused-ring (bicyclic) bond motifs is 1. The molecule has 0 saturated heterocycles. The van der Waals surface area contributed by atoms with E-state index in [0.29, 0.717) is 46.6 Å². The molecule has 2 aliphatic rings. The molecule has 0 aliphatic carbocycles. The fourth-order valence-corrected chi connectivity index (χ4v) is 3.16. The maximum atomic E-state index is 11.8. The van der Waals surface area contributed by atoms with Crippen LogP contribution >= 0.6 is 0 Å². The Morgan fingerprint density at radius 3 is 2.70 bits per heavy atom. The third kappa shape index (κ3) is 4.40. The molecule has 0 fully saturated rings. The van der Waals surface area contributed by atoms with Crippen molar-refractivity contribution < 1.29 is 9.53 Å². The van der Waals surface area contributed by atoms with Crippen molar-refractivity contribution in [1.29, 1.82) is 0 Å². The van der Waals surface area contributed by atoms with Gasteiger partial charge in [-0.2, -0.15) is 5.10 Å². The Bertz CT molecular complexity index is 962. The van der Waals surface area contributed by atoms with Crippen molar-refractivity contribution in [3.63, 3.8) is 0 Å². The molecule has 1 aromatic carbocycles. The molecular weight excluding hydrogens is 378 g/mol. The Balaban J connectivity index is 1.66. The molecule has 30 heavy (non-hydrogen) atoms. The number of nitrogens with two attached hydrogens (primary N) is 1. The zero-order valence-electron chi connectivity index (χ0n) is 17.7. The fourth-order valence-electron chi connectivity index (χ4n) is 3.16. The number of carbonyl (C=O) groups is 1. The Hall–Kier alpha value is -3.48. The summed E-state index contributed by atoms with van der Waals surface area (Å²) in [6, 6.07) is 5.86. The number of carbonyl (C=O) groups excluding carboxylic acids is 1. The largest absolute Gasteiger partial charge is 0.479 e. The van der Waals surface area contributed by atoms with Crippen LogP contribution in [-0.4, -0.2) is 29.3 Å². The van der Waals surface area contributed by atoms with E-state index < -0.39 is 6.10 Å². The molecule has 1 aromatic rings. The van der Waals surface area contributed by atoms with Crippen LogP contribution in [0.2, 0.25) is 0 Å². The first kappa shape index (κ1) is 21.2. The summed E-state index contributed by atoms with van der Waals surface area (Å²) in [5, 5.41) is 12.4. The van der Waals surface area contributed by atoms with Crippen LogP contribution in [0.1, 0.15) is 26.3 Å². The maximum absolute atomic E-state index is 11.8. The zero-order chi connectivity index (χ0) is 22.0. The van der Waals surface area contributed by atoms with Crippen LogP contribution in [-0.2, 0) is 11.3 Å². The highest BCUT2D eigenvalue weighted by Crippen LogP contribution is 2.30. The van der Waals surface area contributed by atoms with Gasteiger partial charge in [0.2, 0.25) is 0 Å². The van der Waals surface area contributed by atoms with Crippen LogP contribution in [0.4, 0.5) is 5.69 Å². The van der Waals surface area contributed by atoms with Crippen LogP contribution in [0.25, 0.3) is 0 Å². The van der Waals surface area contributed by atoms with E-state index in [9.17, 15) is 4.79 Å². The predicted octanol–water partition coefficient (Wildman–Crippen LogP) is 3.25. The number of hydrogen-bond donors (Lipinski definition) is 3. The highest BCUT2D eigenvalue weighted by molar-refractivity contribution is 5.97. The standard InChI is InChI=1S/C23H29N5O2/c1-13(9-21(15(3)24)28-17(5)14(2)11-26-28)16(4)25-12-19-7-8-22-20(10-19)27-23(29)18(6)30-22/h7-11,14,17-18,25H,1,3-4,12,24H2,2,5-6H3,(H,27,29)/b21-9-. The first-order valence-electron chi connectivity index (χ1n) is 9.89. The molecule has 0 radical (unpaired) electrons. The molecule has 7 nitrogen and oxygen atoms in total. The predicted molar refractivity (Wildman–Crippen MR) is 121 cm³/mol. The summed E-state index contributed by atoms with van der Waals surface area (Å²) in [6.07, 6.45) is 3.25. The molecule has 0 bridgehead atoms. The van der Waals surface area contributed by atoms with Crippen molar-refractivity contribution >= 4 is 17.8 Å². The quantitative estimate of drug-likeness (QED) is 0.604. The number of benzene rings is 1. The number of hydrazone groups is 1. The smallest absolute Gasteiger partial charge is 0.265 e. The van der Waals surface area contributed by atoms with Crippen molar-refractivity contribution in [3.8, 4) is 5.75 Å². The zero-order valence-corrected chi connectivity index (χ0v) is 17.7. The molecule has 0 aromatic heterocycles. The van der Waals surface area contributed by atoms with Gasteiger partial charge in [-0.3, -0.25) is 9.80 Å². The second kappa shape index (κ2) is 8.49. The molecule has 3 atom stereocenters. The van der Waals surface area contributed by atoms with Crippen molar-refractivity contribution in [2.75, 3.05) is 5.32 Å². The number of amides is 1. The van der Waals surface area contributed by atoms with E-state index in [2.05, 4.69) is 49.3 Å². The summed E-state index contributed by atoms with van der Waals surface area (Å²) in [6.45, 7) is 18.5. The molecule has 2 heterocycles. The first-order chi connectivity index (χ1) is 14.2. The SMILES string of the molecule is C=C(/C=C(/C(=C)N)N1N=CC(C)C1C)C(=C)NCc1ccc2c(c1)NC(=O)C(C)O2. The highest BCUT2D eigenvalue weighted by atomic mass is 16.5. The Kier molecular flexibility index (Phi) is 6.01. The topological polar surface area (TPSA) is 92.0 Å². The third-order valence-corrected chi connectivity index (χ3v) is 5.33. The molecule has 3 unspecified atom stereocenters. The van der Waals surface area contributed by atoms with Gasteiger partial charge in [-0.25, -0.2) is 0 Å². The third-order valence-electron chi connectivity index (χ3n) is 5.33. The Morgan fingerprint density at radius 1 is 1.33 bits per heavy atom. The lowest BCUT2D eigenvalue weighted by Gasteiger charge is -2.26. The van der Waals surface area contributed by atoms with E-state index in [4.69, 9.17) is 10.5 Å². The van der Waals surface area contributed by atoms with Gasteiger partial charge in [0.25, 0.3) is 5.91 Å². The van der Waals surface area contributed by atoms with E-state index >= 15 is 0 Å². The van der Waals surface area contributed by atoms with E-state index in [1.807, 2.05) is 35.5 Å². The summed E-state index contributed by atoms with van der Waals surface area (Å²) in [5.41, 5.74) is 10.1. The minimum atomic E-state index is -0.492. The van der Waals surface area contributed by atoms with Gasteiger partial charge in [0, 0.05) is 30.1 Å². The Morgan fingerprint density at radius 2 is 2.07 bits per heavy atom. The average molecular weight is 408 g/mol. The van der Waals surface area contributed by atoms with Gasteiger partial charge in [0.1, 0.15) is 5.75 Å². The monoisotopic (exact) mass is 407 g/mol. The highest BCUT2D eigenvalue weighted by Gasteiger charge is 2.27. The van der Waals surface area contributed by atoms with Crippen molar-refractivity contribution in [1.82, 2.24) is 10.3 Å². The van der Waals surface area contributed by atoms with Gasteiger partial charge in [0.05, 0.1) is 17.4 Å².